The van der Waals surface area contributed by atoms with Crippen molar-refractivity contribution in [3.8, 4) is 0 Å². The lowest BCUT2D eigenvalue weighted by Crippen LogP contribution is -2.43. The van der Waals surface area contributed by atoms with Crippen LogP contribution in [-0.2, 0) is 9.47 Å². The number of carbonyl (C=O) groups excluding carboxylic acids is 1. The van der Waals surface area contributed by atoms with E-state index in [1.807, 2.05) is 0 Å². The maximum atomic E-state index is 13.2. The van der Waals surface area contributed by atoms with Crippen LogP contribution in [0.4, 0.5) is 14.9 Å². The summed E-state index contributed by atoms with van der Waals surface area (Å²) in [6.45, 7) is 6.89. The maximum Gasteiger partial charge on any atom is 0.408 e. The average molecular weight is 310 g/mol. The molecule has 2 rings (SSSR count). The molecule has 0 bridgehead atoms. The molecule has 22 heavy (non-hydrogen) atoms. The molecule has 2 N–H and O–H groups in total. The molecule has 2 atom stereocenters. The minimum absolute atomic E-state index is 0.123. The first-order valence-corrected chi connectivity index (χ1v) is 6.88. The topological polar surface area (TPSA) is 80.2 Å². The van der Waals surface area contributed by atoms with Crippen LogP contribution in [0.5, 0.6) is 0 Å². The van der Waals surface area contributed by atoms with Crippen molar-refractivity contribution in [3.05, 3.63) is 29.6 Å². The number of halogens is 1. The van der Waals surface area contributed by atoms with Gasteiger partial charge in [-0.05, 0) is 45.9 Å². The predicted octanol–water partition coefficient (Wildman–Crippen LogP) is 2.79. The summed E-state index contributed by atoms with van der Waals surface area (Å²) < 4.78 is 23.5. The third-order valence-electron chi connectivity index (χ3n) is 2.82. The lowest BCUT2D eigenvalue weighted by molar-refractivity contribution is -0.0362. The van der Waals surface area contributed by atoms with E-state index in [9.17, 15) is 14.3 Å². The number of fused-ring (bicyclic) bond motifs is 1. The number of aliphatic hydroxyl groups is 1. The van der Waals surface area contributed by atoms with Crippen LogP contribution in [0, 0.1) is 5.82 Å². The molecule has 0 saturated carbocycles. The van der Waals surface area contributed by atoms with Crippen LogP contribution >= 0.6 is 0 Å². The van der Waals surface area contributed by atoms with E-state index >= 15 is 0 Å². The monoisotopic (exact) mass is 310 g/mol. The molecule has 1 aliphatic rings. The van der Waals surface area contributed by atoms with E-state index < -0.39 is 29.8 Å². The number of nitrogens with zero attached hydrogens (tertiary/aromatic N) is 1. The van der Waals surface area contributed by atoms with Crippen molar-refractivity contribution in [3.63, 3.8) is 0 Å². The molecule has 120 valence electrons. The number of aliphatic imine (C=N–C) groups is 1. The van der Waals surface area contributed by atoms with E-state index in [1.165, 1.54) is 12.1 Å². The van der Waals surface area contributed by atoms with Crippen molar-refractivity contribution in [2.75, 3.05) is 0 Å². The summed E-state index contributed by atoms with van der Waals surface area (Å²) in [5.41, 5.74) is 0.0177. The Hall–Kier alpha value is -2.15. The standard InChI is InChI=1S/C15H19FN2O4/c1-8(17-14(20)22-15(2,3)4)12-18-11-6-5-9(16)7-10(11)13(19)21-12/h5-8,13,19H,1-4H3,(H,17,20)/t8-,13?/m0/s1. The number of amides is 1. The van der Waals surface area contributed by atoms with E-state index in [0.29, 0.717) is 5.69 Å². The highest BCUT2D eigenvalue weighted by Gasteiger charge is 2.27. The predicted molar refractivity (Wildman–Crippen MR) is 78.4 cm³/mol. The van der Waals surface area contributed by atoms with Gasteiger partial charge in [-0.3, -0.25) is 0 Å². The van der Waals surface area contributed by atoms with Crippen LogP contribution in [-0.4, -0.2) is 28.7 Å². The lowest BCUT2D eigenvalue weighted by atomic mass is 10.1. The first-order chi connectivity index (χ1) is 10.2. The van der Waals surface area contributed by atoms with Gasteiger partial charge < -0.3 is 19.9 Å². The number of ether oxygens (including phenoxy) is 2. The molecule has 6 nitrogen and oxygen atoms in total. The molecule has 0 aromatic heterocycles. The fraction of sp³-hybridized carbons (Fsp3) is 0.467. The Balaban J connectivity index is 2.13. The SMILES string of the molecule is C[C@H](NC(=O)OC(C)(C)C)C1=Nc2ccc(F)cc2C(O)O1. The Morgan fingerprint density at radius 3 is 2.82 bits per heavy atom. The summed E-state index contributed by atoms with van der Waals surface area (Å²) in [7, 11) is 0. The van der Waals surface area contributed by atoms with Gasteiger partial charge in [0, 0.05) is 5.56 Å². The Bertz CT molecular complexity index is 610. The highest BCUT2D eigenvalue weighted by atomic mass is 19.1. The van der Waals surface area contributed by atoms with Crippen molar-refractivity contribution < 1.29 is 23.8 Å². The summed E-state index contributed by atoms with van der Waals surface area (Å²) in [4.78, 5) is 15.9. The smallest absolute Gasteiger partial charge is 0.408 e. The highest BCUT2D eigenvalue weighted by Crippen LogP contribution is 2.32. The fourth-order valence-electron chi connectivity index (χ4n) is 1.89. The van der Waals surface area contributed by atoms with E-state index in [-0.39, 0.29) is 11.5 Å². The summed E-state index contributed by atoms with van der Waals surface area (Å²) >= 11 is 0. The second kappa shape index (κ2) is 5.92. The molecule has 1 unspecified atom stereocenters. The van der Waals surface area contributed by atoms with Crippen molar-refractivity contribution >= 4 is 17.7 Å². The number of nitrogens with one attached hydrogen (secondary N) is 1. The van der Waals surface area contributed by atoms with Crippen molar-refractivity contribution in [1.82, 2.24) is 5.32 Å². The van der Waals surface area contributed by atoms with Crippen LogP contribution in [0.3, 0.4) is 0 Å². The lowest BCUT2D eigenvalue weighted by Gasteiger charge is -2.26. The van der Waals surface area contributed by atoms with Crippen LogP contribution in [0.15, 0.2) is 23.2 Å². The van der Waals surface area contributed by atoms with E-state index in [0.717, 1.165) is 6.07 Å². The van der Waals surface area contributed by atoms with Gasteiger partial charge >= 0.3 is 6.09 Å². The molecule has 0 aliphatic carbocycles. The largest absolute Gasteiger partial charge is 0.445 e. The number of rotatable bonds is 2. The molecule has 0 fully saturated rings. The fourth-order valence-corrected chi connectivity index (χ4v) is 1.89. The second-order valence-corrected chi connectivity index (χ2v) is 5.99. The first kappa shape index (κ1) is 16.2. The normalized spacial score (nSPS) is 18.6. The van der Waals surface area contributed by atoms with Crippen LogP contribution in [0.1, 0.15) is 39.5 Å². The molecule has 1 heterocycles. The quantitative estimate of drug-likeness (QED) is 0.880. The summed E-state index contributed by atoms with van der Waals surface area (Å²) in [6.07, 6.45) is -1.95. The summed E-state index contributed by atoms with van der Waals surface area (Å²) in [5, 5.41) is 12.5. The minimum atomic E-state index is -1.33. The Kier molecular flexibility index (Phi) is 4.37. The van der Waals surface area contributed by atoms with Crippen LogP contribution < -0.4 is 5.32 Å². The maximum absolute atomic E-state index is 13.2. The van der Waals surface area contributed by atoms with Gasteiger partial charge in [-0.15, -0.1) is 0 Å². The molecule has 0 saturated heterocycles. The van der Waals surface area contributed by atoms with Gasteiger partial charge in [0.2, 0.25) is 12.2 Å². The zero-order valence-electron chi connectivity index (χ0n) is 12.9. The number of hydrogen-bond donors (Lipinski definition) is 2. The third-order valence-corrected chi connectivity index (χ3v) is 2.82. The van der Waals surface area contributed by atoms with Crippen molar-refractivity contribution in [1.29, 1.82) is 0 Å². The number of carbonyl (C=O) groups is 1. The molecular formula is C15H19FN2O4. The molecular weight excluding hydrogens is 291 g/mol. The number of alkyl carbamates (subject to hydrolysis) is 1. The molecule has 0 radical (unpaired) electrons. The third kappa shape index (κ3) is 3.94. The Morgan fingerprint density at radius 2 is 2.18 bits per heavy atom. The molecule has 1 aromatic carbocycles. The van der Waals surface area contributed by atoms with Gasteiger partial charge in [-0.2, -0.15) is 0 Å². The van der Waals surface area contributed by atoms with Gasteiger partial charge in [-0.25, -0.2) is 14.2 Å². The highest BCUT2D eigenvalue weighted by molar-refractivity contribution is 5.88. The number of benzene rings is 1. The van der Waals surface area contributed by atoms with Crippen molar-refractivity contribution in [2.45, 2.75) is 45.6 Å². The Labute approximate surface area is 128 Å². The second-order valence-electron chi connectivity index (χ2n) is 5.99. The zero-order chi connectivity index (χ0) is 16.5. The van der Waals surface area contributed by atoms with Crippen LogP contribution in [0.2, 0.25) is 0 Å². The van der Waals surface area contributed by atoms with Crippen LogP contribution in [0.25, 0.3) is 0 Å². The molecule has 1 aromatic rings. The van der Waals surface area contributed by atoms with Crippen molar-refractivity contribution in [2.24, 2.45) is 4.99 Å². The molecule has 1 aliphatic heterocycles. The average Bonchev–Trinajstić information content (AvgIpc) is 2.37. The van der Waals surface area contributed by atoms with Gasteiger partial charge in [0.1, 0.15) is 17.5 Å². The van der Waals surface area contributed by atoms with Gasteiger partial charge in [0.25, 0.3) is 0 Å². The number of hydrogen-bond acceptors (Lipinski definition) is 5. The van der Waals surface area contributed by atoms with E-state index in [1.54, 1.807) is 27.7 Å². The molecule has 7 heteroatoms. The van der Waals surface area contributed by atoms with Gasteiger partial charge in [0.05, 0.1) is 5.69 Å². The Morgan fingerprint density at radius 1 is 1.50 bits per heavy atom. The zero-order valence-corrected chi connectivity index (χ0v) is 12.9. The van der Waals surface area contributed by atoms with Gasteiger partial charge in [-0.1, -0.05) is 0 Å². The summed E-state index contributed by atoms with van der Waals surface area (Å²) in [5.74, 6) is -0.363. The first-order valence-electron chi connectivity index (χ1n) is 6.88. The van der Waals surface area contributed by atoms with E-state index in [2.05, 4.69) is 10.3 Å². The summed E-state index contributed by atoms with van der Waals surface area (Å²) in [6, 6.07) is 3.23. The van der Waals surface area contributed by atoms with E-state index in [4.69, 9.17) is 9.47 Å². The van der Waals surface area contributed by atoms with Gasteiger partial charge in [0.15, 0.2) is 0 Å². The minimum Gasteiger partial charge on any atom is -0.445 e. The molecule has 0 spiro atoms. The number of aliphatic hydroxyl groups excluding tert-OH is 1. The molecule has 1 amide bonds.